The summed E-state index contributed by atoms with van der Waals surface area (Å²) in [6.45, 7) is 10.4. The van der Waals surface area contributed by atoms with Crippen molar-refractivity contribution >= 4 is 17.9 Å². The van der Waals surface area contributed by atoms with E-state index >= 15 is 0 Å². The Morgan fingerprint density at radius 2 is 1.75 bits per heavy atom. The fourth-order valence-electron chi connectivity index (χ4n) is 9.75. The normalized spacial score (nSPS) is 26.2. The van der Waals surface area contributed by atoms with Gasteiger partial charge in [-0.15, -0.1) is 6.58 Å². The molecule has 1 aliphatic heterocycles. The van der Waals surface area contributed by atoms with Gasteiger partial charge in [0.05, 0.1) is 18.2 Å². The number of ether oxygens (including phenoxy) is 3. The number of aliphatic hydroxyl groups is 2. The molecule has 4 aliphatic rings. The molecule has 2 fully saturated rings. The van der Waals surface area contributed by atoms with E-state index in [1.165, 1.54) is 25.7 Å². The maximum Gasteiger partial charge on any atom is 0.239 e. The Balaban J connectivity index is 1.53. The Morgan fingerprint density at radius 3 is 2.46 bits per heavy atom. The summed E-state index contributed by atoms with van der Waals surface area (Å²) in [7, 11) is 1.88. The van der Waals surface area contributed by atoms with E-state index in [9.17, 15) is 19.8 Å². The number of aliphatic hydroxyl groups excluding tert-OH is 2. The summed E-state index contributed by atoms with van der Waals surface area (Å²) in [5, 5.41) is 24.7. The smallest absolute Gasteiger partial charge is 0.239 e. The molecule has 57 heavy (non-hydrogen) atoms. The predicted molar refractivity (Wildman–Crippen MR) is 222 cm³/mol. The highest BCUT2D eigenvalue weighted by Gasteiger charge is 2.65. The summed E-state index contributed by atoms with van der Waals surface area (Å²) >= 11 is 0. The molecular formula is C47H64N2O8. The van der Waals surface area contributed by atoms with Crippen molar-refractivity contribution in [2.45, 2.75) is 128 Å². The van der Waals surface area contributed by atoms with Gasteiger partial charge in [0, 0.05) is 50.1 Å². The van der Waals surface area contributed by atoms with E-state index in [0.29, 0.717) is 54.4 Å². The second-order valence-corrected chi connectivity index (χ2v) is 17.5. The molecule has 310 valence electrons. The van der Waals surface area contributed by atoms with Gasteiger partial charge in [-0.3, -0.25) is 9.59 Å². The third-order valence-corrected chi connectivity index (χ3v) is 12.4. The fraction of sp³-hybridized carbons (Fsp3) is 0.596. The van der Waals surface area contributed by atoms with Crippen LogP contribution in [0.4, 0.5) is 0 Å². The lowest BCUT2D eigenvalue weighted by Gasteiger charge is -2.59. The van der Waals surface area contributed by atoms with Crippen molar-refractivity contribution in [3.05, 3.63) is 77.9 Å². The minimum Gasteiger partial charge on any atom is -0.459 e. The molecule has 10 nitrogen and oxygen atoms in total. The number of benzene rings is 2. The molecular weight excluding hydrogens is 721 g/mol. The van der Waals surface area contributed by atoms with Crippen LogP contribution in [-0.2, 0) is 14.4 Å². The van der Waals surface area contributed by atoms with E-state index in [1.807, 2.05) is 50.9 Å². The van der Waals surface area contributed by atoms with E-state index in [4.69, 9.17) is 24.2 Å². The second-order valence-electron chi connectivity index (χ2n) is 17.5. The van der Waals surface area contributed by atoms with Crippen LogP contribution in [0.15, 0.2) is 71.9 Å². The molecule has 2 saturated carbocycles. The van der Waals surface area contributed by atoms with E-state index < -0.39 is 23.3 Å². The number of allylic oxidation sites excluding steroid dienone is 1. The van der Waals surface area contributed by atoms with Gasteiger partial charge in [-0.25, -0.2) is 0 Å². The molecule has 0 bridgehead atoms. The molecule has 1 heterocycles. The van der Waals surface area contributed by atoms with E-state index in [-0.39, 0.29) is 43.5 Å². The largest absolute Gasteiger partial charge is 0.459 e. The zero-order valence-corrected chi connectivity index (χ0v) is 34.5. The first kappa shape index (κ1) is 42.6. The number of hydrogen-bond donors (Lipinski definition) is 2. The van der Waals surface area contributed by atoms with Gasteiger partial charge < -0.3 is 34.2 Å². The Morgan fingerprint density at radius 1 is 1.02 bits per heavy atom. The van der Waals surface area contributed by atoms with Crippen molar-refractivity contribution in [2.75, 3.05) is 26.9 Å². The van der Waals surface area contributed by atoms with Crippen molar-refractivity contribution in [3.63, 3.8) is 0 Å². The number of unbranched alkanes of at least 4 members (excludes halogenated alkanes) is 2. The van der Waals surface area contributed by atoms with Crippen molar-refractivity contribution in [1.29, 1.82) is 0 Å². The minimum absolute atomic E-state index is 0.0569. The van der Waals surface area contributed by atoms with Crippen LogP contribution in [0, 0.1) is 23.7 Å². The number of hydrogen-bond acceptors (Lipinski definition) is 9. The quantitative estimate of drug-likeness (QED) is 0.0625. The standard InChI is InChI=1S/C47H64N2O8/c1-6-26-54-47-42(49(5)43(53)23-20-32-14-7-8-15-32)30-40(48-57-46(2,3)4)38-28-34(17-9-11-24-50)37(19-10-12-25-51)44(45(38)47)39-29-36(21-22-41(39)56-47)55-35-18-13-16-33(27-35)31-52/h6,13,16,18,21-22,27-29,31-32,34,37,42,44-45,50-51H,1,7-12,14-15,17,19-20,23-26,30H2,2-5H3/t34-,37+,42-,44+,45+,47+/m0/s1. The lowest BCUT2D eigenvalue weighted by atomic mass is 9.55. The van der Waals surface area contributed by atoms with Gasteiger partial charge in [-0.05, 0) is 107 Å². The van der Waals surface area contributed by atoms with Gasteiger partial charge in [0.15, 0.2) is 0 Å². The van der Waals surface area contributed by atoms with Crippen LogP contribution >= 0.6 is 0 Å². The predicted octanol–water partition coefficient (Wildman–Crippen LogP) is 9.15. The number of fused-ring (bicyclic) bond motifs is 2. The molecule has 6 atom stereocenters. The summed E-state index contributed by atoms with van der Waals surface area (Å²) in [6.07, 6.45) is 16.2. The fourth-order valence-corrected chi connectivity index (χ4v) is 9.75. The number of likely N-dealkylation sites (N-methyl/N-ethyl adjacent to an activating group) is 1. The van der Waals surface area contributed by atoms with Crippen LogP contribution in [0.1, 0.15) is 126 Å². The maximum absolute atomic E-state index is 14.3. The van der Waals surface area contributed by atoms with Crippen LogP contribution in [0.25, 0.3) is 0 Å². The minimum atomic E-state index is -1.29. The summed E-state index contributed by atoms with van der Waals surface area (Å²) in [5.74, 6) is 0.831. The molecule has 2 aromatic rings. The lowest BCUT2D eigenvalue weighted by molar-refractivity contribution is -0.255. The number of carbonyl (C=O) groups excluding carboxylic acids is 2. The lowest BCUT2D eigenvalue weighted by Crippen LogP contribution is -2.69. The number of nitrogens with zero attached hydrogens (tertiary/aromatic N) is 2. The molecule has 1 amide bonds. The summed E-state index contributed by atoms with van der Waals surface area (Å²) in [6, 6.07) is 12.4. The highest BCUT2D eigenvalue weighted by molar-refractivity contribution is 6.03. The van der Waals surface area contributed by atoms with Crippen molar-refractivity contribution in [3.8, 4) is 17.2 Å². The summed E-state index contributed by atoms with van der Waals surface area (Å²) in [5.41, 5.74) is 2.73. The molecule has 6 rings (SSSR count). The Labute approximate surface area is 339 Å². The monoisotopic (exact) mass is 784 g/mol. The van der Waals surface area contributed by atoms with Crippen LogP contribution in [0.5, 0.6) is 17.2 Å². The van der Waals surface area contributed by atoms with Crippen LogP contribution in [0.2, 0.25) is 0 Å². The molecule has 10 heteroatoms. The van der Waals surface area contributed by atoms with Gasteiger partial charge >= 0.3 is 0 Å². The number of carbonyl (C=O) groups is 2. The zero-order chi connectivity index (χ0) is 40.6. The Kier molecular flexibility index (Phi) is 14.3. The highest BCUT2D eigenvalue weighted by Crippen LogP contribution is 2.62. The van der Waals surface area contributed by atoms with Gasteiger partial charge in [-0.2, -0.15) is 0 Å². The van der Waals surface area contributed by atoms with Crippen molar-refractivity contribution in [1.82, 2.24) is 4.90 Å². The topological polar surface area (TPSA) is 127 Å². The highest BCUT2D eigenvalue weighted by atomic mass is 16.7. The van der Waals surface area contributed by atoms with Gasteiger partial charge in [0.2, 0.25) is 11.7 Å². The first-order valence-corrected chi connectivity index (χ1v) is 21.3. The SMILES string of the molecule is C=CCO[C@@]12Oc3ccc(Oc4cccc(C=O)c4)cc3[C@H]3[C@H](CCCCO)[C@@H](CCCCO)C=C(C(=NOC(C)(C)C)C[C@@H]1N(C)C(=O)CCC1CCCC1)[C@H]32. The molecule has 2 aromatic carbocycles. The van der Waals surface area contributed by atoms with Crippen LogP contribution in [0.3, 0.4) is 0 Å². The molecule has 0 radical (unpaired) electrons. The van der Waals surface area contributed by atoms with Gasteiger partial charge in [0.25, 0.3) is 0 Å². The van der Waals surface area contributed by atoms with Gasteiger partial charge in [0.1, 0.15) is 35.2 Å². The Hall–Kier alpha value is -3.99. The van der Waals surface area contributed by atoms with E-state index in [2.05, 4.69) is 18.7 Å². The van der Waals surface area contributed by atoms with Crippen LogP contribution in [-0.4, -0.2) is 77.3 Å². The number of rotatable bonds is 19. The number of amides is 1. The molecule has 0 spiro atoms. The molecule has 0 aromatic heterocycles. The van der Waals surface area contributed by atoms with Gasteiger partial charge in [-0.1, -0.05) is 68.0 Å². The maximum atomic E-state index is 14.3. The molecule has 2 N–H and O–H groups in total. The average Bonchev–Trinajstić information content (AvgIpc) is 3.73. The zero-order valence-electron chi connectivity index (χ0n) is 34.5. The van der Waals surface area contributed by atoms with Crippen molar-refractivity contribution in [2.24, 2.45) is 28.8 Å². The first-order chi connectivity index (χ1) is 27.5. The summed E-state index contributed by atoms with van der Waals surface area (Å²) < 4.78 is 20.7. The summed E-state index contributed by atoms with van der Waals surface area (Å²) in [4.78, 5) is 34.0. The van der Waals surface area contributed by atoms with E-state index in [1.54, 1.807) is 24.3 Å². The molecule has 0 saturated heterocycles. The molecule has 0 unspecified atom stereocenters. The third-order valence-electron chi connectivity index (χ3n) is 12.4. The van der Waals surface area contributed by atoms with E-state index in [0.717, 1.165) is 55.2 Å². The third kappa shape index (κ3) is 9.83. The van der Waals surface area contributed by atoms with Crippen LogP contribution < -0.4 is 9.47 Å². The first-order valence-electron chi connectivity index (χ1n) is 21.3. The Bertz CT molecular complexity index is 1760. The van der Waals surface area contributed by atoms with Crippen molar-refractivity contribution < 1.29 is 38.9 Å². The molecule has 3 aliphatic carbocycles. The number of oxime groups is 1. The second kappa shape index (κ2) is 19.2. The average molecular weight is 785 g/mol. The number of aldehydes is 1.